The van der Waals surface area contributed by atoms with E-state index in [4.69, 9.17) is 33.0 Å². The zero-order chi connectivity index (χ0) is 12.8. The molecule has 0 amide bonds. The van der Waals surface area contributed by atoms with Gasteiger partial charge in [0.1, 0.15) is 0 Å². The normalized spacial score (nSPS) is 14.5. The van der Waals surface area contributed by atoms with Crippen molar-refractivity contribution >= 4 is 31.0 Å². The van der Waals surface area contributed by atoms with E-state index in [-0.39, 0.29) is 6.61 Å². The van der Waals surface area contributed by atoms with Gasteiger partial charge in [0, 0.05) is 0 Å². The standard InChI is InChI=1S/C9H15Cl2O4P/c1-3-5-9(11,6-4-2)8(10)7-15-16(12,13)14/h3-4,8H,1-2,5-7H2,(H2,12,13,14). The van der Waals surface area contributed by atoms with Gasteiger partial charge in [0.2, 0.25) is 0 Å². The molecule has 0 radical (unpaired) electrons. The van der Waals surface area contributed by atoms with Crippen LogP contribution in [-0.4, -0.2) is 26.6 Å². The molecule has 0 aromatic carbocycles. The van der Waals surface area contributed by atoms with Crippen molar-refractivity contribution in [1.82, 2.24) is 0 Å². The van der Waals surface area contributed by atoms with Crippen LogP contribution in [0.4, 0.5) is 0 Å². The Morgan fingerprint density at radius 1 is 1.38 bits per heavy atom. The summed E-state index contributed by atoms with van der Waals surface area (Å²) in [5.74, 6) is 0. The maximum atomic E-state index is 10.5. The third kappa shape index (κ3) is 6.04. The quantitative estimate of drug-likeness (QED) is 0.409. The number of halogens is 2. The zero-order valence-corrected chi connectivity index (χ0v) is 11.1. The first kappa shape index (κ1) is 16.2. The molecule has 0 bridgehead atoms. The molecule has 0 aliphatic rings. The molecule has 0 heterocycles. The van der Waals surface area contributed by atoms with Crippen LogP contribution in [-0.2, 0) is 9.09 Å². The maximum Gasteiger partial charge on any atom is 0.469 e. The van der Waals surface area contributed by atoms with Crippen LogP contribution in [0.15, 0.2) is 25.3 Å². The lowest BCUT2D eigenvalue weighted by molar-refractivity contribution is 0.189. The van der Waals surface area contributed by atoms with Gasteiger partial charge in [-0.3, -0.25) is 4.52 Å². The Morgan fingerprint density at radius 2 is 1.81 bits per heavy atom. The number of rotatable bonds is 8. The predicted molar refractivity (Wildman–Crippen MR) is 65.8 cm³/mol. The fourth-order valence-corrected chi connectivity index (χ4v) is 2.08. The molecule has 0 fully saturated rings. The Kier molecular flexibility index (Phi) is 6.87. The van der Waals surface area contributed by atoms with Crippen molar-refractivity contribution in [2.45, 2.75) is 23.1 Å². The number of hydrogen-bond acceptors (Lipinski definition) is 2. The highest BCUT2D eigenvalue weighted by Gasteiger charge is 2.35. The van der Waals surface area contributed by atoms with Crippen molar-refractivity contribution in [3.63, 3.8) is 0 Å². The highest BCUT2D eigenvalue weighted by atomic mass is 35.5. The molecule has 0 saturated carbocycles. The summed E-state index contributed by atoms with van der Waals surface area (Å²) >= 11 is 12.2. The lowest BCUT2D eigenvalue weighted by atomic mass is 9.96. The van der Waals surface area contributed by atoms with E-state index in [0.717, 1.165) is 0 Å². The van der Waals surface area contributed by atoms with Crippen LogP contribution in [0.3, 0.4) is 0 Å². The molecule has 16 heavy (non-hydrogen) atoms. The minimum atomic E-state index is -4.52. The van der Waals surface area contributed by atoms with Crippen molar-refractivity contribution in [3.8, 4) is 0 Å². The average Bonchev–Trinajstić information content (AvgIpc) is 2.13. The van der Waals surface area contributed by atoms with Crippen molar-refractivity contribution in [2.24, 2.45) is 0 Å². The van der Waals surface area contributed by atoms with Gasteiger partial charge in [-0.1, -0.05) is 12.2 Å². The number of hydrogen-bond donors (Lipinski definition) is 2. The molecule has 0 aromatic rings. The SMILES string of the molecule is C=CCC(Cl)(CC=C)C(Cl)COP(=O)(O)O. The average molecular weight is 289 g/mol. The number of allylic oxidation sites excluding steroid dienone is 2. The molecular weight excluding hydrogens is 274 g/mol. The second-order valence-electron chi connectivity index (χ2n) is 3.27. The summed E-state index contributed by atoms with van der Waals surface area (Å²) in [6.45, 7) is 6.76. The third-order valence-corrected chi connectivity index (χ3v) is 3.63. The predicted octanol–water partition coefficient (Wildman–Crippen LogP) is 2.83. The van der Waals surface area contributed by atoms with E-state index < -0.39 is 18.1 Å². The molecule has 94 valence electrons. The van der Waals surface area contributed by atoms with E-state index in [0.29, 0.717) is 12.8 Å². The topological polar surface area (TPSA) is 66.8 Å². The molecule has 0 aromatic heterocycles. The van der Waals surface area contributed by atoms with Gasteiger partial charge < -0.3 is 9.79 Å². The first-order valence-corrected chi connectivity index (χ1v) is 6.84. The monoisotopic (exact) mass is 288 g/mol. The molecular formula is C9H15Cl2O4P. The molecule has 0 rings (SSSR count). The fourth-order valence-electron chi connectivity index (χ4n) is 1.13. The number of phosphoric ester groups is 1. The smallest absolute Gasteiger partial charge is 0.303 e. The molecule has 0 aliphatic carbocycles. The van der Waals surface area contributed by atoms with Crippen LogP contribution in [0, 0.1) is 0 Å². The Morgan fingerprint density at radius 3 is 2.12 bits per heavy atom. The summed E-state index contributed by atoms with van der Waals surface area (Å²) in [7, 11) is -4.52. The maximum absolute atomic E-state index is 10.5. The van der Waals surface area contributed by atoms with Crippen LogP contribution in [0.25, 0.3) is 0 Å². The van der Waals surface area contributed by atoms with E-state index in [1.807, 2.05) is 0 Å². The third-order valence-electron chi connectivity index (χ3n) is 1.92. The molecule has 2 N–H and O–H groups in total. The van der Waals surface area contributed by atoms with Crippen molar-refractivity contribution < 1.29 is 18.9 Å². The highest BCUT2D eigenvalue weighted by molar-refractivity contribution is 7.46. The van der Waals surface area contributed by atoms with Crippen molar-refractivity contribution in [3.05, 3.63) is 25.3 Å². The first-order valence-electron chi connectivity index (χ1n) is 4.50. The van der Waals surface area contributed by atoms with Crippen LogP contribution < -0.4 is 0 Å². The molecule has 0 spiro atoms. The van der Waals surface area contributed by atoms with Gasteiger partial charge in [0.05, 0.1) is 16.9 Å². The van der Waals surface area contributed by atoms with Crippen molar-refractivity contribution in [2.75, 3.05) is 6.61 Å². The number of phosphoric acid groups is 1. The molecule has 1 unspecified atom stereocenters. The van der Waals surface area contributed by atoms with Gasteiger partial charge in [0.25, 0.3) is 0 Å². The molecule has 0 saturated heterocycles. The van der Waals surface area contributed by atoms with E-state index >= 15 is 0 Å². The van der Waals surface area contributed by atoms with Crippen LogP contribution in [0.5, 0.6) is 0 Å². The molecule has 7 heteroatoms. The van der Waals surface area contributed by atoms with Gasteiger partial charge in [-0.05, 0) is 12.8 Å². The van der Waals surface area contributed by atoms with Crippen LogP contribution >= 0.6 is 31.0 Å². The summed E-state index contributed by atoms with van der Waals surface area (Å²) < 4.78 is 14.8. The van der Waals surface area contributed by atoms with Gasteiger partial charge in [-0.25, -0.2) is 4.57 Å². The minimum absolute atomic E-state index is 0.336. The minimum Gasteiger partial charge on any atom is -0.303 e. The highest BCUT2D eigenvalue weighted by Crippen LogP contribution is 2.39. The van der Waals surface area contributed by atoms with E-state index in [9.17, 15) is 4.57 Å². The fraction of sp³-hybridized carbons (Fsp3) is 0.556. The summed E-state index contributed by atoms with van der Waals surface area (Å²) in [6.07, 6.45) is 3.95. The summed E-state index contributed by atoms with van der Waals surface area (Å²) in [4.78, 5) is 16.2. The lowest BCUT2D eigenvalue weighted by Gasteiger charge is -2.29. The summed E-state index contributed by atoms with van der Waals surface area (Å²) in [5.41, 5.74) is 0. The van der Waals surface area contributed by atoms with Crippen LogP contribution in [0.1, 0.15) is 12.8 Å². The van der Waals surface area contributed by atoms with Gasteiger partial charge in [0.15, 0.2) is 0 Å². The molecule has 1 atom stereocenters. The van der Waals surface area contributed by atoms with Crippen LogP contribution in [0.2, 0.25) is 0 Å². The van der Waals surface area contributed by atoms with E-state index in [2.05, 4.69) is 17.7 Å². The van der Waals surface area contributed by atoms with Crippen molar-refractivity contribution in [1.29, 1.82) is 0 Å². The second kappa shape index (κ2) is 6.80. The zero-order valence-electron chi connectivity index (χ0n) is 8.68. The molecule has 4 nitrogen and oxygen atoms in total. The largest absolute Gasteiger partial charge is 0.469 e. The van der Waals surface area contributed by atoms with E-state index in [1.165, 1.54) is 0 Å². The van der Waals surface area contributed by atoms with Gasteiger partial charge in [-0.15, -0.1) is 36.4 Å². The molecule has 0 aliphatic heterocycles. The second-order valence-corrected chi connectivity index (χ2v) is 5.79. The Balaban J connectivity index is 4.49. The number of alkyl halides is 2. The first-order chi connectivity index (χ1) is 7.25. The van der Waals surface area contributed by atoms with Gasteiger partial charge in [-0.2, -0.15) is 0 Å². The Labute approximate surface area is 105 Å². The summed E-state index contributed by atoms with van der Waals surface area (Å²) in [6, 6.07) is 0. The lowest BCUT2D eigenvalue weighted by Crippen LogP contribution is -2.35. The Hall–Kier alpha value is 0.170. The summed E-state index contributed by atoms with van der Waals surface area (Å²) in [5, 5.41) is -0.752. The Bertz CT molecular complexity index is 279. The van der Waals surface area contributed by atoms with E-state index in [1.54, 1.807) is 12.2 Å². The van der Waals surface area contributed by atoms with Gasteiger partial charge >= 0.3 is 7.82 Å².